The molecule has 0 radical (unpaired) electrons. The highest BCUT2D eigenvalue weighted by atomic mass is 32.2. The van der Waals surface area contributed by atoms with Gasteiger partial charge in [0.2, 0.25) is 10.0 Å². The third-order valence-electron chi connectivity index (χ3n) is 2.87. The molecule has 2 rings (SSSR count). The van der Waals surface area contributed by atoms with Crippen molar-refractivity contribution >= 4 is 27.2 Å². The number of nitrogens with zero attached hydrogens (tertiary/aromatic N) is 3. The SMILES string of the molecule is CCCNc1ncccc1S(=O)(=O)N(C)Cc1cscn1. The molecule has 0 bridgehead atoms. The highest BCUT2D eigenvalue weighted by Crippen LogP contribution is 2.22. The molecular weight excluding hydrogens is 308 g/mol. The second kappa shape index (κ2) is 6.97. The standard InChI is InChI=1S/C13H18N4O2S2/c1-3-6-14-13-12(5-4-7-15-13)21(18,19)17(2)8-11-9-20-10-16-11/h4-5,7,9-10H,3,6,8H2,1-2H3,(H,14,15). The first-order valence-corrected chi connectivity index (χ1v) is 8.96. The Morgan fingerprint density at radius 1 is 1.38 bits per heavy atom. The van der Waals surface area contributed by atoms with Crippen molar-refractivity contribution in [2.24, 2.45) is 0 Å². The monoisotopic (exact) mass is 326 g/mol. The number of sulfonamides is 1. The maximum Gasteiger partial charge on any atom is 0.246 e. The van der Waals surface area contributed by atoms with E-state index in [1.54, 1.807) is 30.9 Å². The molecule has 8 heteroatoms. The van der Waals surface area contributed by atoms with E-state index >= 15 is 0 Å². The lowest BCUT2D eigenvalue weighted by atomic mass is 10.4. The van der Waals surface area contributed by atoms with Crippen molar-refractivity contribution in [3.63, 3.8) is 0 Å². The first kappa shape index (κ1) is 15.9. The molecule has 0 fully saturated rings. The van der Waals surface area contributed by atoms with Crippen molar-refractivity contribution in [1.29, 1.82) is 0 Å². The molecule has 0 spiro atoms. The predicted molar refractivity (Wildman–Crippen MR) is 83.8 cm³/mol. The van der Waals surface area contributed by atoms with Crippen LogP contribution in [0.25, 0.3) is 0 Å². The average molecular weight is 326 g/mol. The van der Waals surface area contributed by atoms with Gasteiger partial charge in [0.05, 0.1) is 17.7 Å². The molecule has 2 aromatic heterocycles. The highest BCUT2D eigenvalue weighted by molar-refractivity contribution is 7.89. The summed E-state index contributed by atoms with van der Waals surface area (Å²) in [6.45, 7) is 2.93. The molecular formula is C13H18N4O2S2. The van der Waals surface area contributed by atoms with E-state index in [-0.39, 0.29) is 11.4 Å². The van der Waals surface area contributed by atoms with Gasteiger partial charge in [-0.05, 0) is 18.6 Å². The van der Waals surface area contributed by atoms with Gasteiger partial charge in [0.25, 0.3) is 0 Å². The van der Waals surface area contributed by atoms with Crippen molar-refractivity contribution in [1.82, 2.24) is 14.3 Å². The van der Waals surface area contributed by atoms with E-state index in [1.165, 1.54) is 15.6 Å². The fourth-order valence-electron chi connectivity index (χ4n) is 1.77. The third kappa shape index (κ3) is 3.78. The maximum absolute atomic E-state index is 12.7. The summed E-state index contributed by atoms with van der Waals surface area (Å²) in [4.78, 5) is 8.44. The van der Waals surface area contributed by atoms with Crippen LogP contribution in [0.15, 0.2) is 34.1 Å². The molecule has 0 aliphatic carbocycles. The van der Waals surface area contributed by atoms with E-state index in [0.29, 0.717) is 12.4 Å². The molecule has 0 atom stereocenters. The smallest absolute Gasteiger partial charge is 0.246 e. The molecule has 2 aromatic rings. The van der Waals surface area contributed by atoms with Crippen molar-refractivity contribution in [3.8, 4) is 0 Å². The van der Waals surface area contributed by atoms with Crippen LogP contribution in [0.2, 0.25) is 0 Å². The normalized spacial score (nSPS) is 11.8. The molecule has 1 N–H and O–H groups in total. The van der Waals surface area contributed by atoms with E-state index in [0.717, 1.165) is 12.1 Å². The minimum Gasteiger partial charge on any atom is -0.369 e. The number of thiazole rings is 1. The molecule has 0 saturated carbocycles. The molecule has 0 aliphatic rings. The van der Waals surface area contributed by atoms with Crippen molar-refractivity contribution in [2.75, 3.05) is 18.9 Å². The molecule has 6 nitrogen and oxygen atoms in total. The second-order valence-electron chi connectivity index (χ2n) is 4.52. The zero-order chi connectivity index (χ0) is 15.3. The van der Waals surface area contributed by atoms with Crippen molar-refractivity contribution in [3.05, 3.63) is 34.9 Å². The van der Waals surface area contributed by atoms with Gasteiger partial charge < -0.3 is 5.32 Å². The van der Waals surface area contributed by atoms with Crippen LogP contribution in [0, 0.1) is 0 Å². The number of hydrogen-bond acceptors (Lipinski definition) is 6. The van der Waals surface area contributed by atoms with Crippen LogP contribution < -0.4 is 5.32 Å². The average Bonchev–Trinajstić information content (AvgIpc) is 2.98. The lowest BCUT2D eigenvalue weighted by Gasteiger charge is -2.18. The first-order chi connectivity index (χ1) is 10.1. The van der Waals surface area contributed by atoms with E-state index in [2.05, 4.69) is 15.3 Å². The summed E-state index contributed by atoms with van der Waals surface area (Å²) in [6, 6.07) is 3.19. The first-order valence-electron chi connectivity index (χ1n) is 6.58. The zero-order valence-electron chi connectivity index (χ0n) is 12.0. The summed E-state index contributed by atoms with van der Waals surface area (Å²) in [5.74, 6) is 0.393. The Morgan fingerprint density at radius 2 is 2.19 bits per heavy atom. The fraction of sp³-hybridized carbons (Fsp3) is 0.385. The van der Waals surface area contributed by atoms with Crippen molar-refractivity contribution in [2.45, 2.75) is 24.8 Å². The van der Waals surface area contributed by atoms with Crippen molar-refractivity contribution < 1.29 is 8.42 Å². The number of nitrogens with one attached hydrogen (secondary N) is 1. The molecule has 2 heterocycles. The summed E-state index contributed by atoms with van der Waals surface area (Å²) in [7, 11) is -2.06. The zero-order valence-corrected chi connectivity index (χ0v) is 13.6. The maximum atomic E-state index is 12.7. The summed E-state index contributed by atoms with van der Waals surface area (Å²) in [5.41, 5.74) is 2.42. The van der Waals surface area contributed by atoms with Crippen LogP contribution in [0.3, 0.4) is 0 Å². The predicted octanol–water partition coefficient (Wildman–Crippen LogP) is 2.18. The molecule has 21 heavy (non-hydrogen) atoms. The van der Waals surface area contributed by atoms with E-state index < -0.39 is 10.0 Å². The lowest BCUT2D eigenvalue weighted by Crippen LogP contribution is -2.27. The number of pyridine rings is 1. The Bertz CT molecular complexity index is 671. The second-order valence-corrected chi connectivity index (χ2v) is 7.25. The van der Waals surface area contributed by atoms with Gasteiger partial charge in [0, 0.05) is 25.2 Å². The van der Waals surface area contributed by atoms with Gasteiger partial charge in [-0.2, -0.15) is 4.31 Å². The Morgan fingerprint density at radius 3 is 2.86 bits per heavy atom. The minimum atomic E-state index is -3.60. The Balaban J connectivity index is 2.26. The number of aromatic nitrogens is 2. The van der Waals surface area contributed by atoms with Crippen LogP contribution >= 0.6 is 11.3 Å². The molecule has 114 valence electrons. The lowest BCUT2D eigenvalue weighted by molar-refractivity contribution is 0.463. The summed E-state index contributed by atoms with van der Waals surface area (Å²) in [6.07, 6.45) is 2.47. The van der Waals surface area contributed by atoms with Gasteiger partial charge in [0.1, 0.15) is 10.7 Å². The van der Waals surface area contributed by atoms with Crippen LogP contribution in [-0.4, -0.2) is 36.3 Å². The molecule has 0 amide bonds. The summed E-state index contributed by atoms with van der Waals surface area (Å²) >= 11 is 1.44. The van der Waals surface area contributed by atoms with E-state index in [4.69, 9.17) is 0 Å². The highest BCUT2D eigenvalue weighted by Gasteiger charge is 2.25. The van der Waals surface area contributed by atoms with Crippen LogP contribution in [-0.2, 0) is 16.6 Å². The minimum absolute atomic E-state index is 0.191. The van der Waals surface area contributed by atoms with Crippen LogP contribution in [0.5, 0.6) is 0 Å². The number of rotatable bonds is 7. The fourth-order valence-corrected chi connectivity index (χ4v) is 3.58. The number of hydrogen-bond donors (Lipinski definition) is 1. The van der Waals surface area contributed by atoms with Gasteiger partial charge in [-0.1, -0.05) is 6.92 Å². The van der Waals surface area contributed by atoms with Gasteiger partial charge in [-0.15, -0.1) is 11.3 Å². The Hall–Kier alpha value is -1.51. The number of anilines is 1. The summed E-state index contributed by atoms with van der Waals surface area (Å²) < 4.78 is 26.6. The third-order valence-corrected chi connectivity index (χ3v) is 5.34. The Labute approximate surface area is 128 Å². The largest absolute Gasteiger partial charge is 0.369 e. The molecule has 0 aromatic carbocycles. The van der Waals surface area contributed by atoms with Crippen LogP contribution in [0.4, 0.5) is 5.82 Å². The Kier molecular flexibility index (Phi) is 5.27. The van der Waals surface area contributed by atoms with Crippen LogP contribution in [0.1, 0.15) is 19.0 Å². The van der Waals surface area contributed by atoms with Gasteiger partial charge in [-0.3, -0.25) is 0 Å². The van der Waals surface area contributed by atoms with E-state index in [9.17, 15) is 8.42 Å². The topological polar surface area (TPSA) is 75.2 Å². The van der Waals surface area contributed by atoms with E-state index in [1.807, 2.05) is 12.3 Å². The van der Waals surface area contributed by atoms with Gasteiger partial charge >= 0.3 is 0 Å². The summed E-state index contributed by atoms with van der Waals surface area (Å²) in [5, 5.41) is 4.89. The van der Waals surface area contributed by atoms with Gasteiger partial charge in [0.15, 0.2) is 0 Å². The van der Waals surface area contributed by atoms with Gasteiger partial charge in [-0.25, -0.2) is 18.4 Å². The molecule has 0 saturated heterocycles. The molecule has 0 aliphatic heterocycles. The quantitative estimate of drug-likeness (QED) is 0.844. The molecule has 0 unspecified atom stereocenters.